The van der Waals surface area contributed by atoms with Gasteiger partial charge in [0.1, 0.15) is 0 Å². The summed E-state index contributed by atoms with van der Waals surface area (Å²) in [5.41, 5.74) is 2.17. The van der Waals surface area contributed by atoms with Crippen LogP contribution in [-0.2, 0) is 4.74 Å². The van der Waals surface area contributed by atoms with Crippen LogP contribution in [0.4, 0.5) is 5.69 Å². The molecule has 1 saturated heterocycles. The molecule has 0 aliphatic carbocycles. The molecule has 0 radical (unpaired) electrons. The summed E-state index contributed by atoms with van der Waals surface area (Å²) in [7, 11) is 3.41. The number of methoxy groups -OCH3 is 1. The molecule has 2 N–H and O–H groups in total. The Morgan fingerprint density at radius 1 is 1.13 bits per heavy atom. The van der Waals surface area contributed by atoms with E-state index in [1.807, 2.05) is 31.2 Å². The van der Waals surface area contributed by atoms with Crippen LogP contribution >= 0.6 is 0 Å². The first-order valence-corrected chi connectivity index (χ1v) is 10.4. The number of hydrogen-bond acceptors (Lipinski definition) is 5. The maximum Gasteiger partial charge on any atom is 0.195 e. The van der Waals surface area contributed by atoms with Crippen molar-refractivity contribution in [3.05, 3.63) is 54.1 Å². The highest BCUT2D eigenvalue weighted by Gasteiger charge is 2.22. The number of hydrogen-bond donors (Lipinski definition) is 2. The van der Waals surface area contributed by atoms with Gasteiger partial charge < -0.3 is 24.8 Å². The van der Waals surface area contributed by atoms with Crippen LogP contribution in [0.3, 0.4) is 0 Å². The Labute approximate surface area is 179 Å². The third-order valence-corrected chi connectivity index (χ3v) is 5.08. The largest absolute Gasteiger partial charge is 0.493 e. The first-order valence-electron chi connectivity index (χ1n) is 10.4. The highest BCUT2D eigenvalue weighted by molar-refractivity contribution is 5.93. The van der Waals surface area contributed by atoms with E-state index < -0.39 is 0 Å². The fourth-order valence-corrected chi connectivity index (χ4v) is 3.55. The normalized spacial score (nSPS) is 16.0. The Hall–Kier alpha value is -2.77. The second-order valence-corrected chi connectivity index (χ2v) is 6.95. The summed E-state index contributed by atoms with van der Waals surface area (Å²) in [4.78, 5) is 6.85. The van der Waals surface area contributed by atoms with Crippen LogP contribution in [0.1, 0.15) is 18.5 Å². The fourth-order valence-electron chi connectivity index (χ4n) is 3.55. The van der Waals surface area contributed by atoms with Gasteiger partial charge in [-0.2, -0.15) is 0 Å². The monoisotopic (exact) mass is 412 g/mol. The van der Waals surface area contributed by atoms with Crippen molar-refractivity contribution < 1.29 is 14.2 Å². The minimum Gasteiger partial charge on any atom is -0.493 e. The number of morpholine rings is 1. The molecule has 162 valence electrons. The maximum absolute atomic E-state index is 5.68. The van der Waals surface area contributed by atoms with E-state index in [9.17, 15) is 0 Å². The van der Waals surface area contributed by atoms with E-state index in [1.54, 1.807) is 14.2 Å². The van der Waals surface area contributed by atoms with Crippen LogP contribution in [0.2, 0.25) is 0 Å². The van der Waals surface area contributed by atoms with Gasteiger partial charge in [-0.15, -0.1) is 0 Å². The van der Waals surface area contributed by atoms with Crippen LogP contribution in [0.15, 0.2) is 53.5 Å². The van der Waals surface area contributed by atoms with Gasteiger partial charge >= 0.3 is 0 Å². The molecule has 2 aromatic rings. The van der Waals surface area contributed by atoms with E-state index in [2.05, 4.69) is 44.8 Å². The quantitative estimate of drug-likeness (QED) is 0.513. The number of anilines is 1. The van der Waals surface area contributed by atoms with Crippen LogP contribution in [0.25, 0.3) is 0 Å². The van der Waals surface area contributed by atoms with Crippen LogP contribution in [0, 0.1) is 0 Å². The molecule has 1 aliphatic heterocycles. The van der Waals surface area contributed by atoms with Crippen molar-refractivity contribution in [1.82, 2.24) is 10.2 Å². The Morgan fingerprint density at radius 2 is 1.90 bits per heavy atom. The lowest BCUT2D eigenvalue weighted by atomic mass is 10.0. The standard InChI is InChI=1S/C23H32N4O3/c1-4-30-22-16-19(10-11-21(22)28-3)26-23(24-2)25-17-20(18-8-6-5-7-9-18)27-12-14-29-15-13-27/h5-11,16,20H,4,12-15,17H2,1-3H3,(H2,24,25,26). The molecule has 0 spiro atoms. The summed E-state index contributed by atoms with van der Waals surface area (Å²) in [5.74, 6) is 2.12. The van der Waals surface area contributed by atoms with Gasteiger partial charge in [-0.1, -0.05) is 30.3 Å². The SMILES string of the molecule is CCOc1cc(NC(=NC)NCC(c2ccccc2)N2CCOCC2)ccc1OC. The number of nitrogens with zero attached hydrogens (tertiary/aromatic N) is 2. The van der Waals surface area contributed by atoms with Gasteiger partial charge in [-0.25, -0.2) is 0 Å². The molecule has 2 aromatic carbocycles. The number of aliphatic imine (C=N–C) groups is 1. The van der Waals surface area contributed by atoms with Gasteiger partial charge in [0.05, 0.1) is 33.0 Å². The predicted molar refractivity (Wildman–Crippen MR) is 121 cm³/mol. The van der Waals surface area contributed by atoms with E-state index in [0.29, 0.717) is 24.1 Å². The fraction of sp³-hybridized carbons (Fsp3) is 0.435. The van der Waals surface area contributed by atoms with E-state index in [-0.39, 0.29) is 6.04 Å². The third-order valence-electron chi connectivity index (χ3n) is 5.08. The predicted octanol–water partition coefficient (Wildman–Crippen LogP) is 3.15. The number of rotatable bonds is 8. The number of nitrogens with one attached hydrogen (secondary N) is 2. The summed E-state index contributed by atoms with van der Waals surface area (Å²) >= 11 is 0. The lowest BCUT2D eigenvalue weighted by Crippen LogP contribution is -2.44. The lowest BCUT2D eigenvalue weighted by Gasteiger charge is -2.35. The Bertz CT molecular complexity index is 807. The van der Waals surface area contributed by atoms with Crippen molar-refractivity contribution in [2.24, 2.45) is 4.99 Å². The van der Waals surface area contributed by atoms with Gasteiger partial charge in [0.2, 0.25) is 0 Å². The topological polar surface area (TPSA) is 67.4 Å². The van der Waals surface area contributed by atoms with Gasteiger partial charge in [-0.05, 0) is 24.6 Å². The number of benzene rings is 2. The molecular weight excluding hydrogens is 380 g/mol. The molecule has 1 unspecified atom stereocenters. The summed E-state index contributed by atoms with van der Waals surface area (Å²) in [6.45, 7) is 6.64. The molecule has 1 fully saturated rings. The van der Waals surface area contributed by atoms with Gasteiger partial charge in [0, 0.05) is 38.4 Å². The highest BCUT2D eigenvalue weighted by atomic mass is 16.5. The smallest absolute Gasteiger partial charge is 0.195 e. The van der Waals surface area contributed by atoms with Gasteiger partial charge in [-0.3, -0.25) is 9.89 Å². The second kappa shape index (κ2) is 11.4. The minimum absolute atomic E-state index is 0.239. The molecule has 0 aromatic heterocycles. The zero-order valence-electron chi connectivity index (χ0n) is 18.1. The van der Waals surface area contributed by atoms with Crippen LogP contribution < -0.4 is 20.1 Å². The summed E-state index contributed by atoms with van der Waals surface area (Å²) in [6.07, 6.45) is 0. The minimum atomic E-state index is 0.239. The van der Waals surface area contributed by atoms with Crippen molar-refractivity contribution in [2.45, 2.75) is 13.0 Å². The van der Waals surface area contributed by atoms with E-state index in [1.165, 1.54) is 5.56 Å². The Morgan fingerprint density at radius 3 is 2.57 bits per heavy atom. The summed E-state index contributed by atoms with van der Waals surface area (Å²) in [6, 6.07) is 16.6. The second-order valence-electron chi connectivity index (χ2n) is 6.95. The Balaban J connectivity index is 1.69. The molecule has 1 heterocycles. The molecule has 7 heteroatoms. The molecule has 1 aliphatic rings. The molecule has 3 rings (SSSR count). The Kier molecular flexibility index (Phi) is 8.35. The summed E-state index contributed by atoms with van der Waals surface area (Å²) in [5, 5.41) is 6.83. The van der Waals surface area contributed by atoms with E-state index >= 15 is 0 Å². The van der Waals surface area contributed by atoms with Crippen molar-refractivity contribution in [3.8, 4) is 11.5 Å². The zero-order chi connectivity index (χ0) is 21.2. The highest BCUT2D eigenvalue weighted by Crippen LogP contribution is 2.30. The average Bonchev–Trinajstić information content (AvgIpc) is 2.80. The third kappa shape index (κ3) is 5.87. The first kappa shape index (κ1) is 21.9. The average molecular weight is 413 g/mol. The number of guanidine groups is 1. The van der Waals surface area contributed by atoms with Crippen molar-refractivity contribution in [3.63, 3.8) is 0 Å². The molecule has 1 atom stereocenters. The molecular formula is C23H32N4O3. The van der Waals surface area contributed by atoms with E-state index in [0.717, 1.165) is 38.5 Å². The van der Waals surface area contributed by atoms with Gasteiger partial charge in [0.15, 0.2) is 17.5 Å². The van der Waals surface area contributed by atoms with E-state index in [4.69, 9.17) is 14.2 Å². The number of ether oxygens (including phenoxy) is 3. The molecule has 0 amide bonds. The molecule has 0 saturated carbocycles. The summed E-state index contributed by atoms with van der Waals surface area (Å²) < 4.78 is 16.6. The van der Waals surface area contributed by atoms with Crippen molar-refractivity contribution in [2.75, 3.05) is 58.9 Å². The van der Waals surface area contributed by atoms with Crippen LogP contribution in [0.5, 0.6) is 11.5 Å². The van der Waals surface area contributed by atoms with Crippen molar-refractivity contribution >= 4 is 11.6 Å². The molecule has 30 heavy (non-hydrogen) atoms. The first-order chi connectivity index (χ1) is 14.7. The molecule has 0 bridgehead atoms. The lowest BCUT2D eigenvalue weighted by molar-refractivity contribution is 0.0170. The van der Waals surface area contributed by atoms with Crippen molar-refractivity contribution in [1.29, 1.82) is 0 Å². The molecule has 7 nitrogen and oxygen atoms in total. The van der Waals surface area contributed by atoms with Gasteiger partial charge in [0.25, 0.3) is 0 Å². The zero-order valence-corrected chi connectivity index (χ0v) is 18.1. The maximum atomic E-state index is 5.68. The van der Waals surface area contributed by atoms with Crippen LogP contribution in [-0.4, -0.2) is 64.5 Å².